The molecule has 0 radical (unpaired) electrons. The Hall–Kier alpha value is -2.24. The van der Waals surface area contributed by atoms with Gasteiger partial charge in [-0.3, -0.25) is 4.79 Å². The van der Waals surface area contributed by atoms with Crippen LogP contribution in [0, 0.1) is 0 Å². The average Bonchev–Trinajstić information content (AvgIpc) is 2.45. The van der Waals surface area contributed by atoms with Gasteiger partial charge in [-0.1, -0.05) is 6.92 Å². The standard InChI is InChI=1S/C14H19NO5/c1-5-14(2,13(17)18)15-12(16)10-7-6-9(19-3)8-11(10)20-4/h6-8H,5H2,1-4H3,(H,15,16)(H,17,18). The highest BCUT2D eigenvalue weighted by Crippen LogP contribution is 2.25. The summed E-state index contributed by atoms with van der Waals surface area (Å²) < 4.78 is 10.2. The van der Waals surface area contributed by atoms with Gasteiger partial charge < -0.3 is 19.9 Å². The van der Waals surface area contributed by atoms with Gasteiger partial charge in [0.05, 0.1) is 19.8 Å². The van der Waals surface area contributed by atoms with E-state index in [2.05, 4.69) is 5.32 Å². The van der Waals surface area contributed by atoms with Crippen LogP contribution in [0.2, 0.25) is 0 Å². The van der Waals surface area contributed by atoms with Crippen molar-refractivity contribution in [1.29, 1.82) is 0 Å². The fourth-order valence-electron chi connectivity index (χ4n) is 1.60. The van der Waals surface area contributed by atoms with Crippen LogP contribution < -0.4 is 14.8 Å². The molecule has 0 spiro atoms. The number of rotatable bonds is 6. The van der Waals surface area contributed by atoms with E-state index in [1.54, 1.807) is 19.1 Å². The first-order valence-electron chi connectivity index (χ1n) is 6.16. The third-order valence-corrected chi connectivity index (χ3v) is 3.22. The largest absolute Gasteiger partial charge is 0.497 e. The number of carbonyl (C=O) groups excluding carboxylic acids is 1. The summed E-state index contributed by atoms with van der Waals surface area (Å²) in [6.45, 7) is 3.16. The lowest BCUT2D eigenvalue weighted by Gasteiger charge is -2.25. The van der Waals surface area contributed by atoms with Crippen molar-refractivity contribution in [3.8, 4) is 11.5 Å². The molecule has 1 aromatic rings. The molecule has 0 aromatic heterocycles. The van der Waals surface area contributed by atoms with Crippen LogP contribution in [-0.2, 0) is 4.79 Å². The molecule has 1 rings (SSSR count). The van der Waals surface area contributed by atoms with Crippen molar-refractivity contribution < 1.29 is 24.2 Å². The summed E-state index contributed by atoms with van der Waals surface area (Å²) in [5, 5.41) is 11.7. The highest BCUT2D eigenvalue weighted by Gasteiger charge is 2.33. The Morgan fingerprint density at radius 1 is 1.30 bits per heavy atom. The fraction of sp³-hybridized carbons (Fsp3) is 0.429. The summed E-state index contributed by atoms with van der Waals surface area (Å²) in [4.78, 5) is 23.4. The van der Waals surface area contributed by atoms with E-state index in [1.807, 2.05) is 0 Å². The number of carboxylic acid groups (broad SMARTS) is 1. The van der Waals surface area contributed by atoms with Crippen LogP contribution in [0.15, 0.2) is 18.2 Å². The van der Waals surface area contributed by atoms with Crippen LogP contribution in [0.25, 0.3) is 0 Å². The molecule has 1 aromatic carbocycles. The fourth-order valence-corrected chi connectivity index (χ4v) is 1.60. The second-order valence-electron chi connectivity index (χ2n) is 4.51. The smallest absolute Gasteiger partial charge is 0.329 e. The van der Waals surface area contributed by atoms with Crippen LogP contribution in [0.5, 0.6) is 11.5 Å². The molecule has 0 aliphatic carbocycles. The molecule has 0 aliphatic rings. The second-order valence-corrected chi connectivity index (χ2v) is 4.51. The Bertz CT molecular complexity index is 514. The predicted molar refractivity (Wildman–Crippen MR) is 73.3 cm³/mol. The number of amides is 1. The van der Waals surface area contributed by atoms with Crippen molar-refractivity contribution in [2.45, 2.75) is 25.8 Å². The molecule has 0 bridgehead atoms. The van der Waals surface area contributed by atoms with E-state index < -0.39 is 17.4 Å². The van der Waals surface area contributed by atoms with Gasteiger partial charge in [-0.15, -0.1) is 0 Å². The Labute approximate surface area is 117 Å². The summed E-state index contributed by atoms with van der Waals surface area (Å²) in [6.07, 6.45) is 0.270. The van der Waals surface area contributed by atoms with Gasteiger partial charge in [0.25, 0.3) is 5.91 Å². The van der Waals surface area contributed by atoms with E-state index in [9.17, 15) is 14.7 Å². The molecule has 1 unspecified atom stereocenters. The van der Waals surface area contributed by atoms with Gasteiger partial charge in [-0.25, -0.2) is 4.79 Å². The number of ether oxygens (including phenoxy) is 2. The van der Waals surface area contributed by atoms with Gasteiger partial charge in [-0.2, -0.15) is 0 Å². The molecule has 0 heterocycles. The van der Waals surface area contributed by atoms with Gasteiger partial charge >= 0.3 is 5.97 Å². The van der Waals surface area contributed by atoms with Gasteiger partial charge in [-0.05, 0) is 25.5 Å². The zero-order valence-electron chi connectivity index (χ0n) is 12.0. The summed E-state index contributed by atoms with van der Waals surface area (Å²) in [7, 11) is 2.94. The molecule has 1 atom stereocenters. The third kappa shape index (κ3) is 3.20. The number of hydrogen-bond donors (Lipinski definition) is 2. The van der Waals surface area contributed by atoms with Gasteiger partial charge in [0.2, 0.25) is 0 Å². The van der Waals surface area contributed by atoms with Crippen molar-refractivity contribution >= 4 is 11.9 Å². The number of carbonyl (C=O) groups is 2. The monoisotopic (exact) mass is 281 g/mol. The Morgan fingerprint density at radius 2 is 1.95 bits per heavy atom. The number of methoxy groups -OCH3 is 2. The summed E-state index contributed by atoms with van der Waals surface area (Å²) in [5.74, 6) is -0.710. The molecule has 0 saturated heterocycles. The van der Waals surface area contributed by atoms with Crippen LogP contribution in [0.3, 0.4) is 0 Å². The second kappa shape index (κ2) is 6.27. The molecule has 6 nitrogen and oxygen atoms in total. The first-order chi connectivity index (χ1) is 9.37. The van der Waals surface area contributed by atoms with Crippen molar-refractivity contribution in [2.75, 3.05) is 14.2 Å². The maximum Gasteiger partial charge on any atom is 0.329 e. The zero-order valence-corrected chi connectivity index (χ0v) is 12.0. The highest BCUT2D eigenvalue weighted by atomic mass is 16.5. The first kappa shape index (κ1) is 15.8. The molecule has 20 heavy (non-hydrogen) atoms. The van der Waals surface area contributed by atoms with E-state index in [1.165, 1.54) is 27.2 Å². The van der Waals surface area contributed by atoms with Crippen LogP contribution in [0.4, 0.5) is 0 Å². The molecule has 0 aliphatic heterocycles. The van der Waals surface area contributed by atoms with E-state index in [4.69, 9.17) is 9.47 Å². The minimum Gasteiger partial charge on any atom is -0.497 e. The topological polar surface area (TPSA) is 84.9 Å². The van der Waals surface area contributed by atoms with Crippen LogP contribution in [-0.4, -0.2) is 36.7 Å². The lowest BCUT2D eigenvalue weighted by atomic mass is 9.98. The molecular weight excluding hydrogens is 262 g/mol. The lowest BCUT2D eigenvalue weighted by molar-refractivity contribution is -0.143. The highest BCUT2D eigenvalue weighted by molar-refractivity contribution is 6.00. The van der Waals surface area contributed by atoms with Crippen LogP contribution >= 0.6 is 0 Å². The summed E-state index contributed by atoms with van der Waals surface area (Å²) in [5.41, 5.74) is -1.06. The minimum absolute atomic E-state index is 0.259. The Morgan fingerprint density at radius 3 is 2.40 bits per heavy atom. The molecule has 0 saturated carbocycles. The molecule has 0 fully saturated rings. The number of benzene rings is 1. The van der Waals surface area contributed by atoms with E-state index in [0.29, 0.717) is 11.5 Å². The number of nitrogens with one attached hydrogen (secondary N) is 1. The van der Waals surface area contributed by atoms with E-state index in [-0.39, 0.29) is 12.0 Å². The SMILES string of the molecule is CCC(C)(NC(=O)c1ccc(OC)cc1OC)C(=O)O. The molecule has 1 amide bonds. The quantitative estimate of drug-likeness (QED) is 0.828. The van der Waals surface area contributed by atoms with E-state index in [0.717, 1.165) is 0 Å². The van der Waals surface area contributed by atoms with Crippen LogP contribution in [0.1, 0.15) is 30.6 Å². The zero-order chi connectivity index (χ0) is 15.3. The average molecular weight is 281 g/mol. The number of hydrogen-bond acceptors (Lipinski definition) is 4. The van der Waals surface area contributed by atoms with Crippen molar-refractivity contribution in [3.63, 3.8) is 0 Å². The Kier molecular flexibility index (Phi) is 4.96. The number of aliphatic carboxylic acids is 1. The van der Waals surface area contributed by atoms with Crippen molar-refractivity contribution in [1.82, 2.24) is 5.32 Å². The molecule has 2 N–H and O–H groups in total. The summed E-state index contributed by atoms with van der Waals surface area (Å²) in [6, 6.07) is 4.71. The molecular formula is C14H19NO5. The minimum atomic E-state index is -1.32. The third-order valence-electron chi connectivity index (χ3n) is 3.22. The van der Waals surface area contributed by atoms with Gasteiger partial charge in [0, 0.05) is 6.07 Å². The summed E-state index contributed by atoms with van der Waals surface area (Å²) >= 11 is 0. The van der Waals surface area contributed by atoms with Gasteiger partial charge in [0.15, 0.2) is 0 Å². The lowest BCUT2D eigenvalue weighted by Crippen LogP contribution is -2.51. The van der Waals surface area contributed by atoms with Crippen molar-refractivity contribution in [2.24, 2.45) is 0 Å². The number of carboxylic acids is 1. The normalized spacial score (nSPS) is 13.2. The maximum absolute atomic E-state index is 12.2. The Balaban J connectivity index is 3.06. The maximum atomic E-state index is 12.2. The molecule has 110 valence electrons. The predicted octanol–water partition coefficient (Wildman–Crippen LogP) is 1.69. The van der Waals surface area contributed by atoms with Gasteiger partial charge in [0.1, 0.15) is 17.0 Å². The first-order valence-corrected chi connectivity index (χ1v) is 6.16. The van der Waals surface area contributed by atoms with Crippen molar-refractivity contribution in [3.05, 3.63) is 23.8 Å². The van der Waals surface area contributed by atoms with E-state index >= 15 is 0 Å². The molecule has 6 heteroatoms.